The molecule has 104 valence electrons. The van der Waals surface area contributed by atoms with Crippen molar-refractivity contribution in [3.63, 3.8) is 0 Å². The molecular weight excluding hydrogens is 266 g/mol. The monoisotopic (exact) mass is 287 g/mol. The summed E-state index contributed by atoms with van der Waals surface area (Å²) < 4.78 is 23.8. The lowest BCUT2D eigenvalue weighted by Crippen LogP contribution is -2.52. The van der Waals surface area contributed by atoms with Crippen LogP contribution in [0.4, 0.5) is 0 Å². The van der Waals surface area contributed by atoms with Gasteiger partial charge in [-0.1, -0.05) is 0 Å². The van der Waals surface area contributed by atoms with Crippen LogP contribution in [0.5, 0.6) is 0 Å². The van der Waals surface area contributed by atoms with E-state index in [4.69, 9.17) is 5.73 Å². The minimum Gasteiger partial charge on any atom is -0.349 e. The van der Waals surface area contributed by atoms with Gasteiger partial charge in [-0.15, -0.1) is 12.4 Å². The van der Waals surface area contributed by atoms with E-state index in [2.05, 4.69) is 5.32 Å². The number of nitrogens with two attached hydrogens (primary N) is 1. The molecule has 3 N–H and O–H groups in total. The zero-order valence-electron chi connectivity index (χ0n) is 10.7. The van der Waals surface area contributed by atoms with E-state index >= 15 is 0 Å². The van der Waals surface area contributed by atoms with Crippen LogP contribution in [-0.2, 0) is 14.8 Å². The average molecular weight is 288 g/mol. The Morgan fingerprint density at radius 2 is 1.88 bits per heavy atom. The van der Waals surface area contributed by atoms with E-state index in [1.54, 1.807) is 13.8 Å². The summed E-state index contributed by atoms with van der Waals surface area (Å²) in [6.45, 7) is 5.20. The van der Waals surface area contributed by atoms with Crippen LogP contribution in [0, 0.1) is 0 Å². The molecule has 0 bridgehead atoms. The van der Waals surface area contributed by atoms with E-state index in [1.807, 2.05) is 0 Å². The Labute approximate surface area is 109 Å². The Kier molecular flexibility index (Phi) is 7.98. The molecule has 0 heterocycles. The van der Waals surface area contributed by atoms with Crippen molar-refractivity contribution in [2.24, 2.45) is 5.73 Å². The zero-order valence-corrected chi connectivity index (χ0v) is 12.3. The van der Waals surface area contributed by atoms with Crippen molar-refractivity contribution in [1.82, 2.24) is 9.62 Å². The van der Waals surface area contributed by atoms with Gasteiger partial charge in [-0.05, 0) is 20.8 Å². The molecule has 0 saturated carbocycles. The van der Waals surface area contributed by atoms with E-state index in [0.29, 0.717) is 6.54 Å². The van der Waals surface area contributed by atoms with Crippen LogP contribution in [0.3, 0.4) is 0 Å². The van der Waals surface area contributed by atoms with Crippen molar-refractivity contribution < 1.29 is 13.2 Å². The van der Waals surface area contributed by atoms with E-state index in [1.165, 1.54) is 14.0 Å². The third-order valence-corrected chi connectivity index (χ3v) is 4.00. The van der Waals surface area contributed by atoms with Crippen LogP contribution in [0.2, 0.25) is 0 Å². The number of hydrogen-bond donors (Lipinski definition) is 2. The highest BCUT2D eigenvalue weighted by Gasteiger charge is 2.22. The Balaban J connectivity index is 0. The fourth-order valence-corrected chi connectivity index (χ4v) is 1.74. The second-order valence-corrected chi connectivity index (χ2v) is 6.66. The SMILES string of the molecule is CCS(=O)(=O)N(C)CC(=O)NC(C)(C)CN.Cl. The van der Waals surface area contributed by atoms with E-state index in [-0.39, 0.29) is 30.6 Å². The van der Waals surface area contributed by atoms with Gasteiger partial charge in [0.25, 0.3) is 0 Å². The lowest BCUT2D eigenvalue weighted by Gasteiger charge is -2.25. The first-order valence-corrected chi connectivity index (χ1v) is 6.70. The van der Waals surface area contributed by atoms with Gasteiger partial charge in [0, 0.05) is 19.1 Å². The largest absolute Gasteiger partial charge is 0.349 e. The molecule has 0 saturated heterocycles. The molecule has 0 aliphatic heterocycles. The Hall–Kier alpha value is -0.370. The highest BCUT2D eigenvalue weighted by atomic mass is 35.5. The van der Waals surface area contributed by atoms with Crippen LogP contribution in [0.15, 0.2) is 0 Å². The molecule has 0 spiro atoms. The number of sulfonamides is 1. The highest BCUT2D eigenvalue weighted by molar-refractivity contribution is 7.89. The third-order valence-electron chi connectivity index (χ3n) is 2.19. The number of nitrogens with zero attached hydrogens (tertiary/aromatic N) is 1. The molecule has 0 unspecified atom stereocenters. The van der Waals surface area contributed by atoms with Crippen LogP contribution < -0.4 is 11.1 Å². The van der Waals surface area contributed by atoms with Gasteiger partial charge in [0.15, 0.2) is 0 Å². The number of nitrogens with one attached hydrogen (secondary N) is 1. The van der Waals surface area contributed by atoms with Crippen molar-refractivity contribution in [1.29, 1.82) is 0 Å². The molecule has 17 heavy (non-hydrogen) atoms. The molecule has 0 aliphatic rings. The number of carbonyl (C=O) groups excluding carboxylic acids is 1. The smallest absolute Gasteiger partial charge is 0.235 e. The summed E-state index contributed by atoms with van der Waals surface area (Å²) in [7, 11) is -1.93. The van der Waals surface area contributed by atoms with E-state index in [9.17, 15) is 13.2 Å². The molecule has 0 aromatic rings. The molecular formula is C9H22ClN3O3S. The first-order chi connectivity index (χ1) is 7.14. The van der Waals surface area contributed by atoms with Crippen molar-refractivity contribution >= 4 is 28.3 Å². The molecule has 0 fully saturated rings. The van der Waals surface area contributed by atoms with Crippen molar-refractivity contribution in [2.75, 3.05) is 25.9 Å². The maximum Gasteiger partial charge on any atom is 0.235 e. The molecule has 0 rings (SSSR count). The fourth-order valence-electron chi connectivity index (χ4n) is 0.989. The number of rotatable bonds is 6. The second-order valence-electron chi connectivity index (χ2n) is 4.29. The van der Waals surface area contributed by atoms with Crippen molar-refractivity contribution in [3.05, 3.63) is 0 Å². The first-order valence-electron chi connectivity index (χ1n) is 5.09. The minimum atomic E-state index is -3.31. The van der Waals surface area contributed by atoms with Gasteiger partial charge < -0.3 is 11.1 Å². The van der Waals surface area contributed by atoms with Crippen LogP contribution in [0.25, 0.3) is 0 Å². The maximum atomic E-state index is 11.5. The first kappa shape index (κ1) is 19.0. The summed E-state index contributed by atoms with van der Waals surface area (Å²) in [5.41, 5.74) is 4.93. The topological polar surface area (TPSA) is 92.5 Å². The maximum absolute atomic E-state index is 11.5. The fraction of sp³-hybridized carbons (Fsp3) is 0.889. The molecule has 0 radical (unpaired) electrons. The third kappa shape index (κ3) is 6.82. The van der Waals surface area contributed by atoms with Gasteiger partial charge in [-0.25, -0.2) is 8.42 Å². The zero-order chi connectivity index (χ0) is 13.0. The molecule has 1 amide bonds. The Bertz CT molecular complexity index is 343. The van der Waals surface area contributed by atoms with Crippen LogP contribution in [0.1, 0.15) is 20.8 Å². The highest BCUT2D eigenvalue weighted by Crippen LogP contribution is 2.00. The predicted octanol–water partition coefficient (Wildman–Crippen LogP) is -0.457. The second kappa shape index (κ2) is 7.15. The van der Waals surface area contributed by atoms with Gasteiger partial charge >= 0.3 is 0 Å². The summed E-state index contributed by atoms with van der Waals surface area (Å²) in [4.78, 5) is 11.5. The summed E-state index contributed by atoms with van der Waals surface area (Å²) >= 11 is 0. The number of carbonyl (C=O) groups is 1. The summed E-state index contributed by atoms with van der Waals surface area (Å²) in [5, 5.41) is 2.66. The van der Waals surface area contributed by atoms with Gasteiger partial charge in [0.2, 0.25) is 15.9 Å². The molecule has 8 heteroatoms. The van der Waals surface area contributed by atoms with Crippen molar-refractivity contribution in [3.8, 4) is 0 Å². The Morgan fingerprint density at radius 1 is 1.41 bits per heavy atom. The average Bonchev–Trinajstić information content (AvgIpc) is 2.16. The number of halogens is 1. The predicted molar refractivity (Wildman–Crippen MR) is 70.6 cm³/mol. The quantitative estimate of drug-likeness (QED) is 0.692. The van der Waals surface area contributed by atoms with Crippen LogP contribution >= 0.6 is 12.4 Å². The van der Waals surface area contributed by atoms with Gasteiger partial charge in [-0.3, -0.25) is 4.79 Å². The lowest BCUT2D eigenvalue weighted by atomic mass is 10.1. The van der Waals surface area contributed by atoms with Gasteiger partial charge in [0.1, 0.15) is 0 Å². The molecule has 6 nitrogen and oxygen atoms in total. The van der Waals surface area contributed by atoms with E-state index < -0.39 is 15.6 Å². The summed E-state index contributed by atoms with van der Waals surface area (Å²) in [6, 6.07) is 0. The lowest BCUT2D eigenvalue weighted by molar-refractivity contribution is -0.122. The molecule has 0 aromatic carbocycles. The van der Waals surface area contributed by atoms with E-state index in [0.717, 1.165) is 4.31 Å². The molecule has 0 atom stereocenters. The molecule has 0 aliphatic carbocycles. The number of amides is 1. The summed E-state index contributed by atoms with van der Waals surface area (Å²) in [5.74, 6) is -0.369. The summed E-state index contributed by atoms with van der Waals surface area (Å²) in [6.07, 6.45) is 0. The van der Waals surface area contributed by atoms with Crippen LogP contribution in [-0.4, -0.2) is 50.1 Å². The Morgan fingerprint density at radius 3 is 2.24 bits per heavy atom. The van der Waals surface area contributed by atoms with Gasteiger partial charge in [0.05, 0.1) is 12.3 Å². The molecule has 0 aromatic heterocycles. The minimum absolute atomic E-state index is 0. The van der Waals surface area contributed by atoms with Crippen molar-refractivity contribution in [2.45, 2.75) is 26.3 Å². The number of likely N-dealkylation sites (N-methyl/N-ethyl adjacent to an activating group) is 1. The normalized spacial score (nSPS) is 12.1. The van der Waals surface area contributed by atoms with Gasteiger partial charge in [-0.2, -0.15) is 4.31 Å². The standard InChI is InChI=1S/C9H21N3O3S.ClH/c1-5-16(14,15)12(4)6-8(13)11-9(2,3)7-10;/h5-7,10H2,1-4H3,(H,11,13);1H. The number of hydrogen-bond acceptors (Lipinski definition) is 4.